The van der Waals surface area contributed by atoms with Gasteiger partial charge in [-0.05, 0) is 38.3 Å². The number of nitrogens with zero attached hydrogens (tertiary/aromatic N) is 4. The van der Waals surface area contributed by atoms with Crippen LogP contribution in [0.25, 0.3) is 0 Å². The van der Waals surface area contributed by atoms with E-state index in [9.17, 15) is 8.42 Å². The second kappa shape index (κ2) is 6.23. The van der Waals surface area contributed by atoms with Gasteiger partial charge in [-0.3, -0.25) is 0 Å². The molecule has 2 aromatic rings. The van der Waals surface area contributed by atoms with Crippen molar-refractivity contribution < 1.29 is 8.42 Å². The lowest BCUT2D eigenvalue weighted by Crippen LogP contribution is -2.34. The third-order valence-corrected chi connectivity index (χ3v) is 7.12. The minimum Gasteiger partial charge on any atom is -0.355 e. The summed E-state index contributed by atoms with van der Waals surface area (Å²) in [4.78, 5) is 13.7. The second-order valence-corrected chi connectivity index (χ2v) is 9.62. The molecule has 0 radical (unpaired) electrons. The van der Waals surface area contributed by atoms with Crippen LogP contribution in [0.2, 0.25) is 0 Å². The molecule has 1 saturated heterocycles. The molecule has 0 aliphatic carbocycles. The van der Waals surface area contributed by atoms with Crippen molar-refractivity contribution >= 4 is 27.3 Å². The predicted molar refractivity (Wildman–Crippen MR) is 104 cm³/mol. The fourth-order valence-electron chi connectivity index (χ4n) is 3.96. The molecule has 0 saturated carbocycles. The van der Waals surface area contributed by atoms with Gasteiger partial charge in [0.2, 0.25) is 5.95 Å². The maximum absolute atomic E-state index is 11.8. The molecule has 4 rings (SSSR count). The largest absolute Gasteiger partial charge is 0.355 e. The number of fused-ring (bicyclic) bond motifs is 1. The number of anilines is 3. The Labute approximate surface area is 154 Å². The van der Waals surface area contributed by atoms with Crippen LogP contribution in [0.3, 0.4) is 0 Å². The molecular weight excluding hydrogens is 348 g/mol. The third kappa shape index (κ3) is 3.05. The van der Waals surface area contributed by atoms with Gasteiger partial charge < -0.3 is 9.80 Å². The Morgan fingerprint density at radius 2 is 2.00 bits per heavy atom. The van der Waals surface area contributed by atoms with Gasteiger partial charge in [-0.2, -0.15) is 4.98 Å². The number of hydrogen-bond acceptors (Lipinski definition) is 6. The smallest absolute Gasteiger partial charge is 0.232 e. The van der Waals surface area contributed by atoms with Crippen molar-refractivity contribution in [2.24, 2.45) is 0 Å². The van der Waals surface area contributed by atoms with Crippen LogP contribution >= 0.6 is 0 Å². The van der Waals surface area contributed by atoms with Gasteiger partial charge >= 0.3 is 0 Å². The number of benzene rings is 1. The molecule has 0 bridgehead atoms. The van der Waals surface area contributed by atoms with Crippen molar-refractivity contribution in [2.45, 2.75) is 38.8 Å². The van der Waals surface area contributed by atoms with E-state index in [1.165, 1.54) is 5.56 Å². The van der Waals surface area contributed by atoms with E-state index in [0.717, 1.165) is 23.6 Å². The molecule has 0 amide bonds. The SMILES string of the molecule is Cc1cc(N(C)C2CCS(=O)(=O)C2)nc(N2c3ccccc3CC2C)n1. The first-order valence-corrected chi connectivity index (χ1v) is 10.8. The molecule has 138 valence electrons. The van der Waals surface area contributed by atoms with E-state index in [-0.39, 0.29) is 17.5 Å². The van der Waals surface area contributed by atoms with Crippen LogP contribution in [0.5, 0.6) is 0 Å². The van der Waals surface area contributed by atoms with E-state index in [2.05, 4.69) is 35.0 Å². The number of para-hydroxylation sites is 1. The van der Waals surface area contributed by atoms with Crippen molar-refractivity contribution in [1.29, 1.82) is 0 Å². The Morgan fingerprint density at radius 3 is 2.73 bits per heavy atom. The number of hydrogen-bond donors (Lipinski definition) is 0. The van der Waals surface area contributed by atoms with Crippen molar-refractivity contribution in [3.05, 3.63) is 41.6 Å². The highest BCUT2D eigenvalue weighted by molar-refractivity contribution is 7.91. The lowest BCUT2D eigenvalue weighted by molar-refractivity contribution is 0.600. The molecule has 0 spiro atoms. The van der Waals surface area contributed by atoms with Crippen LogP contribution in [0.1, 0.15) is 24.6 Å². The summed E-state index contributed by atoms with van der Waals surface area (Å²) in [6.45, 7) is 4.14. The summed E-state index contributed by atoms with van der Waals surface area (Å²) in [5.74, 6) is 1.93. The van der Waals surface area contributed by atoms with Crippen LogP contribution in [0, 0.1) is 6.92 Å². The number of rotatable bonds is 3. The topological polar surface area (TPSA) is 66.4 Å². The summed E-state index contributed by atoms with van der Waals surface area (Å²) < 4.78 is 23.7. The zero-order chi connectivity index (χ0) is 18.5. The average Bonchev–Trinajstić information content (AvgIpc) is 3.12. The Balaban J connectivity index is 1.69. The molecule has 2 aliphatic heterocycles. The van der Waals surface area contributed by atoms with Crippen LogP contribution in [-0.4, -0.2) is 49.0 Å². The zero-order valence-electron chi connectivity index (χ0n) is 15.4. The fourth-order valence-corrected chi connectivity index (χ4v) is 5.74. The molecule has 1 aromatic carbocycles. The van der Waals surface area contributed by atoms with E-state index in [1.54, 1.807) is 0 Å². The molecular formula is C19H24N4O2S. The van der Waals surface area contributed by atoms with E-state index in [0.29, 0.717) is 18.4 Å². The number of sulfone groups is 1. The van der Waals surface area contributed by atoms with Gasteiger partial charge in [-0.25, -0.2) is 13.4 Å². The molecule has 1 fully saturated rings. The van der Waals surface area contributed by atoms with Gasteiger partial charge in [-0.15, -0.1) is 0 Å². The Hall–Kier alpha value is -2.15. The van der Waals surface area contributed by atoms with Crippen LogP contribution in [0.15, 0.2) is 30.3 Å². The predicted octanol–water partition coefficient (Wildman–Crippen LogP) is 2.49. The fraction of sp³-hybridized carbons (Fsp3) is 0.474. The maximum Gasteiger partial charge on any atom is 0.232 e. The van der Waals surface area contributed by atoms with Gasteiger partial charge in [0.25, 0.3) is 0 Å². The first-order chi connectivity index (χ1) is 12.3. The normalized spacial score (nSPS) is 23.9. The highest BCUT2D eigenvalue weighted by atomic mass is 32.2. The zero-order valence-corrected chi connectivity index (χ0v) is 16.2. The Bertz CT molecular complexity index is 944. The molecule has 0 N–H and O–H groups in total. The summed E-state index contributed by atoms with van der Waals surface area (Å²) in [5, 5.41) is 0. The van der Waals surface area contributed by atoms with Crippen LogP contribution in [-0.2, 0) is 16.3 Å². The molecule has 26 heavy (non-hydrogen) atoms. The number of aromatic nitrogens is 2. The van der Waals surface area contributed by atoms with Gasteiger partial charge in [0.05, 0.1) is 11.5 Å². The van der Waals surface area contributed by atoms with Gasteiger partial charge in [0.1, 0.15) is 5.82 Å². The minimum absolute atomic E-state index is 0.0227. The van der Waals surface area contributed by atoms with Gasteiger partial charge in [0.15, 0.2) is 9.84 Å². The number of aryl methyl sites for hydroxylation is 1. The summed E-state index contributed by atoms with van der Waals surface area (Å²) >= 11 is 0. The van der Waals surface area contributed by atoms with Crippen LogP contribution < -0.4 is 9.80 Å². The summed E-state index contributed by atoms with van der Waals surface area (Å²) in [6, 6.07) is 10.6. The molecule has 7 heteroatoms. The monoisotopic (exact) mass is 372 g/mol. The molecule has 3 heterocycles. The quantitative estimate of drug-likeness (QED) is 0.825. The first kappa shape index (κ1) is 17.3. The minimum atomic E-state index is -2.93. The van der Waals surface area contributed by atoms with E-state index >= 15 is 0 Å². The Kier molecular flexibility index (Phi) is 4.14. The molecule has 1 aromatic heterocycles. The Morgan fingerprint density at radius 1 is 1.23 bits per heavy atom. The van der Waals surface area contributed by atoms with Gasteiger partial charge in [-0.1, -0.05) is 18.2 Å². The van der Waals surface area contributed by atoms with E-state index in [4.69, 9.17) is 4.98 Å². The molecule has 2 atom stereocenters. The first-order valence-electron chi connectivity index (χ1n) is 9.00. The maximum atomic E-state index is 11.8. The molecule has 6 nitrogen and oxygen atoms in total. The van der Waals surface area contributed by atoms with Crippen molar-refractivity contribution in [1.82, 2.24) is 9.97 Å². The standard InChI is InChI=1S/C19H24N4O2S/c1-13-10-18(22(3)16-8-9-26(24,25)12-16)21-19(20-13)23-14(2)11-15-6-4-5-7-17(15)23/h4-7,10,14,16H,8-9,11-12H2,1-3H3. The lowest BCUT2D eigenvalue weighted by atomic mass is 10.1. The molecule has 2 unspecified atom stereocenters. The van der Waals surface area contributed by atoms with E-state index in [1.807, 2.05) is 31.0 Å². The molecule has 2 aliphatic rings. The van der Waals surface area contributed by atoms with Gasteiger partial charge in [0, 0.05) is 36.6 Å². The lowest BCUT2D eigenvalue weighted by Gasteiger charge is -2.28. The highest BCUT2D eigenvalue weighted by Crippen LogP contribution is 2.37. The second-order valence-electron chi connectivity index (χ2n) is 7.39. The van der Waals surface area contributed by atoms with Crippen molar-refractivity contribution in [2.75, 3.05) is 28.4 Å². The van der Waals surface area contributed by atoms with E-state index < -0.39 is 9.84 Å². The van der Waals surface area contributed by atoms with Crippen LogP contribution in [0.4, 0.5) is 17.5 Å². The highest BCUT2D eigenvalue weighted by Gasteiger charge is 2.33. The van der Waals surface area contributed by atoms with Crippen molar-refractivity contribution in [3.8, 4) is 0 Å². The summed E-state index contributed by atoms with van der Waals surface area (Å²) in [7, 11) is -1.000. The van der Waals surface area contributed by atoms with Crippen molar-refractivity contribution in [3.63, 3.8) is 0 Å². The summed E-state index contributed by atoms with van der Waals surface area (Å²) in [6.07, 6.45) is 1.62. The third-order valence-electron chi connectivity index (χ3n) is 5.37. The summed E-state index contributed by atoms with van der Waals surface area (Å²) in [5.41, 5.74) is 3.35. The average molecular weight is 372 g/mol.